The molecule has 0 N–H and O–H groups in total. The van der Waals surface area contributed by atoms with Gasteiger partial charge in [-0.3, -0.25) is 4.79 Å². The van der Waals surface area contributed by atoms with Gasteiger partial charge in [-0.1, -0.05) is 17.7 Å². The van der Waals surface area contributed by atoms with Gasteiger partial charge in [0.05, 0.1) is 14.2 Å². The quantitative estimate of drug-likeness (QED) is 0.869. The Morgan fingerprint density at radius 3 is 2.45 bits per heavy atom. The number of methoxy groups -OCH3 is 2. The number of fused-ring (bicyclic) bond motifs is 1. The zero-order chi connectivity index (χ0) is 15.7. The topological polar surface area (TPSA) is 38.8 Å². The average Bonchev–Trinajstić information content (AvgIpc) is 2.96. The molecule has 5 heteroatoms. The molecule has 0 bridgehead atoms. The van der Waals surface area contributed by atoms with Crippen molar-refractivity contribution >= 4 is 23.2 Å². The molecule has 3 rings (SSSR count). The molecule has 1 aliphatic heterocycles. The van der Waals surface area contributed by atoms with Gasteiger partial charge >= 0.3 is 0 Å². The number of nitrogens with zero attached hydrogens (tertiary/aromatic N) is 1. The average molecular weight is 318 g/mol. The largest absolute Gasteiger partial charge is 0.496 e. The summed E-state index contributed by atoms with van der Waals surface area (Å²) in [6.45, 7) is 0.621. The molecule has 114 valence electrons. The van der Waals surface area contributed by atoms with Crippen molar-refractivity contribution in [2.75, 3.05) is 25.7 Å². The van der Waals surface area contributed by atoms with Crippen LogP contribution in [0.1, 0.15) is 15.9 Å². The minimum atomic E-state index is -0.129. The van der Waals surface area contributed by atoms with Crippen molar-refractivity contribution in [3.05, 3.63) is 52.5 Å². The smallest absolute Gasteiger partial charge is 0.265 e. The first-order chi connectivity index (χ1) is 10.7. The first-order valence-electron chi connectivity index (χ1n) is 6.97. The van der Waals surface area contributed by atoms with Crippen LogP contribution in [0, 0.1) is 0 Å². The molecule has 1 aliphatic rings. The van der Waals surface area contributed by atoms with Gasteiger partial charge in [0.2, 0.25) is 0 Å². The van der Waals surface area contributed by atoms with Gasteiger partial charge in [0.1, 0.15) is 17.1 Å². The minimum Gasteiger partial charge on any atom is -0.496 e. The summed E-state index contributed by atoms with van der Waals surface area (Å²) in [5, 5.41) is 0.683. The van der Waals surface area contributed by atoms with E-state index in [1.807, 2.05) is 12.1 Å². The maximum atomic E-state index is 13.0. The molecule has 0 saturated carbocycles. The van der Waals surface area contributed by atoms with E-state index in [2.05, 4.69) is 0 Å². The molecule has 0 saturated heterocycles. The molecule has 0 unspecified atom stereocenters. The van der Waals surface area contributed by atoms with Crippen molar-refractivity contribution in [2.45, 2.75) is 6.42 Å². The highest BCUT2D eigenvalue weighted by Gasteiger charge is 2.29. The summed E-state index contributed by atoms with van der Waals surface area (Å²) in [7, 11) is 3.09. The standard InChI is InChI=1S/C17H16ClNO3/c1-21-14-4-3-5-15(22-2)16(14)17(20)19-9-8-11-10-12(18)6-7-13(11)19/h3-7,10H,8-9H2,1-2H3. The van der Waals surface area contributed by atoms with E-state index in [1.54, 1.807) is 43.4 Å². The highest BCUT2D eigenvalue weighted by atomic mass is 35.5. The number of benzene rings is 2. The van der Waals surface area contributed by atoms with Crippen LogP contribution in [0.25, 0.3) is 0 Å². The summed E-state index contributed by atoms with van der Waals surface area (Å²) in [5.74, 6) is 0.883. The predicted molar refractivity (Wildman–Crippen MR) is 86.4 cm³/mol. The van der Waals surface area contributed by atoms with E-state index in [4.69, 9.17) is 21.1 Å². The Kier molecular flexibility index (Phi) is 3.94. The number of carbonyl (C=O) groups excluding carboxylic acids is 1. The lowest BCUT2D eigenvalue weighted by atomic mass is 10.1. The van der Waals surface area contributed by atoms with E-state index < -0.39 is 0 Å². The van der Waals surface area contributed by atoms with Crippen molar-refractivity contribution in [1.29, 1.82) is 0 Å². The minimum absolute atomic E-state index is 0.129. The maximum absolute atomic E-state index is 13.0. The van der Waals surface area contributed by atoms with Crippen LogP contribution in [-0.4, -0.2) is 26.7 Å². The Hall–Kier alpha value is -2.20. The molecular weight excluding hydrogens is 302 g/mol. The monoisotopic (exact) mass is 317 g/mol. The van der Waals surface area contributed by atoms with Crippen LogP contribution in [0.5, 0.6) is 11.5 Å². The molecule has 2 aromatic carbocycles. The van der Waals surface area contributed by atoms with Crippen LogP contribution in [-0.2, 0) is 6.42 Å². The van der Waals surface area contributed by atoms with Gasteiger partial charge in [0.15, 0.2) is 0 Å². The van der Waals surface area contributed by atoms with E-state index in [0.717, 1.165) is 17.7 Å². The molecule has 0 aromatic heterocycles. The SMILES string of the molecule is COc1cccc(OC)c1C(=O)N1CCc2cc(Cl)ccc21. The Morgan fingerprint density at radius 2 is 1.82 bits per heavy atom. The molecule has 0 fully saturated rings. The summed E-state index contributed by atoms with van der Waals surface area (Å²) in [6, 6.07) is 10.9. The molecule has 0 radical (unpaired) electrons. The van der Waals surface area contributed by atoms with Crippen molar-refractivity contribution < 1.29 is 14.3 Å². The van der Waals surface area contributed by atoms with Gasteiger partial charge in [-0.25, -0.2) is 0 Å². The molecular formula is C17H16ClNO3. The van der Waals surface area contributed by atoms with Crippen LogP contribution in [0.4, 0.5) is 5.69 Å². The lowest BCUT2D eigenvalue weighted by molar-refractivity contribution is 0.0983. The highest BCUT2D eigenvalue weighted by molar-refractivity contribution is 6.30. The van der Waals surface area contributed by atoms with E-state index in [1.165, 1.54) is 0 Å². The van der Waals surface area contributed by atoms with E-state index in [9.17, 15) is 4.79 Å². The Balaban J connectivity index is 2.04. The summed E-state index contributed by atoms with van der Waals surface area (Å²) in [6.07, 6.45) is 0.791. The van der Waals surface area contributed by atoms with Crippen LogP contribution in [0.15, 0.2) is 36.4 Å². The summed E-state index contributed by atoms with van der Waals surface area (Å²) in [4.78, 5) is 14.7. The number of anilines is 1. The number of carbonyl (C=O) groups is 1. The molecule has 4 nitrogen and oxygen atoms in total. The second-order valence-corrected chi connectivity index (χ2v) is 5.45. The van der Waals surface area contributed by atoms with Crippen LogP contribution < -0.4 is 14.4 Å². The van der Waals surface area contributed by atoms with Crippen LogP contribution in [0.2, 0.25) is 5.02 Å². The third-order valence-electron chi connectivity index (χ3n) is 3.82. The predicted octanol–water partition coefficient (Wildman–Crippen LogP) is 3.56. The van der Waals surface area contributed by atoms with Crippen molar-refractivity contribution in [3.8, 4) is 11.5 Å². The first kappa shape index (κ1) is 14.7. The van der Waals surface area contributed by atoms with E-state index in [-0.39, 0.29) is 5.91 Å². The second kappa shape index (κ2) is 5.89. The van der Waals surface area contributed by atoms with Crippen molar-refractivity contribution in [3.63, 3.8) is 0 Å². The first-order valence-corrected chi connectivity index (χ1v) is 7.34. The molecule has 0 spiro atoms. The number of halogens is 1. The normalized spacial score (nSPS) is 13.0. The highest BCUT2D eigenvalue weighted by Crippen LogP contribution is 2.35. The lowest BCUT2D eigenvalue weighted by Gasteiger charge is -2.20. The van der Waals surface area contributed by atoms with Gasteiger partial charge in [0, 0.05) is 17.3 Å². The number of hydrogen-bond acceptors (Lipinski definition) is 3. The van der Waals surface area contributed by atoms with Crippen molar-refractivity contribution in [2.24, 2.45) is 0 Å². The third kappa shape index (κ3) is 2.40. The molecule has 0 aliphatic carbocycles. The third-order valence-corrected chi connectivity index (χ3v) is 4.06. The molecule has 22 heavy (non-hydrogen) atoms. The van der Waals surface area contributed by atoms with E-state index >= 15 is 0 Å². The van der Waals surface area contributed by atoms with Gasteiger partial charge in [-0.05, 0) is 42.3 Å². The number of amides is 1. The number of hydrogen-bond donors (Lipinski definition) is 0. The number of ether oxygens (including phenoxy) is 2. The maximum Gasteiger partial charge on any atom is 0.265 e. The fourth-order valence-corrected chi connectivity index (χ4v) is 2.97. The lowest BCUT2D eigenvalue weighted by Crippen LogP contribution is -2.29. The van der Waals surface area contributed by atoms with Gasteiger partial charge in [0.25, 0.3) is 5.91 Å². The Bertz CT molecular complexity index is 708. The molecule has 1 amide bonds. The van der Waals surface area contributed by atoms with Gasteiger partial charge in [-0.2, -0.15) is 0 Å². The van der Waals surface area contributed by atoms with E-state index in [0.29, 0.717) is 28.6 Å². The van der Waals surface area contributed by atoms with Crippen molar-refractivity contribution in [1.82, 2.24) is 0 Å². The van der Waals surface area contributed by atoms with Crippen LogP contribution in [0.3, 0.4) is 0 Å². The molecule has 2 aromatic rings. The van der Waals surface area contributed by atoms with Gasteiger partial charge in [-0.15, -0.1) is 0 Å². The fraction of sp³-hybridized carbons (Fsp3) is 0.235. The Labute approximate surface area is 134 Å². The molecule has 0 atom stereocenters. The molecule has 1 heterocycles. The summed E-state index contributed by atoms with van der Waals surface area (Å²) in [5.41, 5.74) is 2.41. The zero-order valence-electron chi connectivity index (χ0n) is 12.4. The van der Waals surface area contributed by atoms with Gasteiger partial charge < -0.3 is 14.4 Å². The summed E-state index contributed by atoms with van der Waals surface area (Å²) >= 11 is 6.02. The second-order valence-electron chi connectivity index (χ2n) is 5.02. The fourth-order valence-electron chi connectivity index (χ4n) is 2.78. The zero-order valence-corrected chi connectivity index (χ0v) is 13.2. The number of rotatable bonds is 3. The summed E-state index contributed by atoms with van der Waals surface area (Å²) < 4.78 is 10.7. The van der Waals surface area contributed by atoms with Crippen LogP contribution >= 0.6 is 11.6 Å². The Morgan fingerprint density at radius 1 is 1.14 bits per heavy atom.